The summed E-state index contributed by atoms with van der Waals surface area (Å²) in [5, 5.41) is 8.69. The number of rotatable bonds is 5. The number of carboxylic acid groups (broad SMARTS) is 1. The van der Waals surface area contributed by atoms with E-state index in [2.05, 4.69) is 20.8 Å². The molecular weight excluding hydrogens is 326 g/mol. The second-order valence-corrected chi connectivity index (χ2v) is 5.50. The van der Waals surface area contributed by atoms with Crippen molar-refractivity contribution in [2.45, 2.75) is 6.42 Å². The molecular formula is C14H16BrNO4. The zero-order valence-corrected chi connectivity index (χ0v) is 12.6. The van der Waals surface area contributed by atoms with Gasteiger partial charge in [0.2, 0.25) is 0 Å². The molecule has 0 aromatic heterocycles. The van der Waals surface area contributed by atoms with Crippen molar-refractivity contribution in [2.75, 3.05) is 32.8 Å². The Morgan fingerprint density at radius 1 is 1.30 bits per heavy atom. The van der Waals surface area contributed by atoms with Crippen LogP contribution in [-0.4, -0.2) is 54.6 Å². The van der Waals surface area contributed by atoms with E-state index in [-0.39, 0.29) is 5.56 Å². The van der Waals surface area contributed by atoms with Crippen LogP contribution in [0, 0.1) is 0 Å². The Morgan fingerprint density at radius 2 is 2.00 bits per heavy atom. The number of Topliss-reactive ketones (excluding diaryl/α,β-unsaturated/α-hetero) is 1. The van der Waals surface area contributed by atoms with Crippen molar-refractivity contribution >= 4 is 27.7 Å². The molecule has 0 saturated carbocycles. The molecule has 108 valence electrons. The highest BCUT2D eigenvalue weighted by Gasteiger charge is 2.16. The van der Waals surface area contributed by atoms with Gasteiger partial charge in [-0.15, -0.1) is 0 Å². The van der Waals surface area contributed by atoms with Crippen molar-refractivity contribution in [1.29, 1.82) is 0 Å². The highest BCUT2D eigenvalue weighted by Crippen LogP contribution is 2.20. The number of morpholine rings is 1. The second kappa shape index (κ2) is 6.97. The van der Waals surface area contributed by atoms with Crippen LogP contribution >= 0.6 is 15.9 Å². The van der Waals surface area contributed by atoms with Gasteiger partial charge in [-0.3, -0.25) is 9.69 Å². The zero-order chi connectivity index (χ0) is 14.5. The summed E-state index contributed by atoms with van der Waals surface area (Å²) in [5.74, 6) is -2.32. The molecule has 6 heteroatoms. The van der Waals surface area contributed by atoms with Gasteiger partial charge in [-0.1, -0.05) is 28.1 Å². The van der Waals surface area contributed by atoms with Crippen molar-refractivity contribution < 1.29 is 19.4 Å². The summed E-state index contributed by atoms with van der Waals surface area (Å²) in [4.78, 5) is 24.3. The fourth-order valence-corrected chi connectivity index (χ4v) is 2.70. The minimum absolute atomic E-state index is 0.194. The average molecular weight is 342 g/mol. The fourth-order valence-electron chi connectivity index (χ4n) is 2.12. The first-order chi connectivity index (χ1) is 9.58. The van der Waals surface area contributed by atoms with Crippen molar-refractivity contribution in [3.8, 4) is 0 Å². The zero-order valence-electron chi connectivity index (χ0n) is 11.0. The van der Waals surface area contributed by atoms with Crippen LogP contribution < -0.4 is 0 Å². The normalized spacial score (nSPS) is 16.1. The predicted molar refractivity (Wildman–Crippen MR) is 77.1 cm³/mol. The van der Waals surface area contributed by atoms with Gasteiger partial charge >= 0.3 is 5.97 Å². The molecule has 20 heavy (non-hydrogen) atoms. The molecule has 1 N–H and O–H groups in total. The Hall–Kier alpha value is -1.24. The molecule has 0 aliphatic carbocycles. The maximum atomic E-state index is 11.4. The van der Waals surface area contributed by atoms with E-state index in [9.17, 15) is 9.59 Å². The van der Waals surface area contributed by atoms with E-state index in [0.29, 0.717) is 0 Å². The van der Waals surface area contributed by atoms with Gasteiger partial charge in [-0.05, 0) is 18.1 Å². The molecule has 1 fully saturated rings. The number of carbonyl (C=O) groups excluding carboxylic acids is 1. The topological polar surface area (TPSA) is 66.8 Å². The van der Waals surface area contributed by atoms with Crippen LogP contribution in [0.5, 0.6) is 0 Å². The third-order valence-electron chi connectivity index (χ3n) is 3.31. The number of ketones is 1. The van der Waals surface area contributed by atoms with Crippen molar-refractivity contribution in [2.24, 2.45) is 0 Å². The van der Waals surface area contributed by atoms with Gasteiger partial charge in [0.15, 0.2) is 0 Å². The first-order valence-corrected chi connectivity index (χ1v) is 7.23. The van der Waals surface area contributed by atoms with E-state index in [4.69, 9.17) is 9.84 Å². The number of hydrogen-bond donors (Lipinski definition) is 1. The molecule has 1 saturated heterocycles. The van der Waals surface area contributed by atoms with Crippen LogP contribution in [-0.2, 0) is 16.0 Å². The van der Waals surface area contributed by atoms with Crippen LogP contribution in [0.25, 0.3) is 0 Å². The van der Waals surface area contributed by atoms with Gasteiger partial charge in [0.1, 0.15) is 0 Å². The molecule has 1 aromatic rings. The van der Waals surface area contributed by atoms with Gasteiger partial charge < -0.3 is 9.84 Å². The summed E-state index contributed by atoms with van der Waals surface area (Å²) in [6.07, 6.45) is 0.849. The number of benzene rings is 1. The maximum absolute atomic E-state index is 11.4. The molecule has 1 aliphatic rings. The number of halogens is 1. The van der Waals surface area contributed by atoms with Crippen molar-refractivity contribution in [3.63, 3.8) is 0 Å². The number of carbonyl (C=O) groups is 2. The van der Waals surface area contributed by atoms with Gasteiger partial charge in [0.05, 0.1) is 13.2 Å². The van der Waals surface area contributed by atoms with E-state index in [1.54, 1.807) is 18.2 Å². The van der Waals surface area contributed by atoms with E-state index in [1.165, 1.54) is 0 Å². The quantitative estimate of drug-likeness (QED) is 0.650. The lowest BCUT2D eigenvalue weighted by atomic mass is 10.1. The molecule has 0 bridgehead atoms. The van der Waals surface area contributed by atoms with Gasteiger partial charge in [0, 0.05) is 29.7 Å². The summed E-state index contributed by atoms with van der Waals surface area (Å²) < 4.78 is 6.07. The Balaban J connectivity index is 1.98. The summed E-state index contributed by atoms with van der Waals surface area (Å²) in [5.41, 5.74) is 1.26. The van der Waals surface area contributed by atoms with E-state index in [1.807, 2.05) is 0 Å². The van der Waals surface area contributed by atoms with Crippen molar-refractivity contribution in [1.82, 2.24) is 4.90 Å². The third-order valence-corrected chi connectivity index (χ3v) is 4.05. The van der Waals surface area contributed by atoms with Crippen LogP contribution in [0.2, 0.25) is 0 Å². The standard InChI is InChI=1S/C14H16BrNO4/c15-12-9-11(13(17)14(18)19)2-1-10(12)3-4-16-5-7-20-8-6-16/h1-2,9H,3-8H2,(H,18,19). The van der Waals surface area contributed by atoms with Gasteiger partial charge in [-0.2, -0.15) is 0 Å². The number of aliphatic carboxylic acids is 1. The molecule has 1 aromatic carbocycles. The largest absolute Gasteiger partial charge is 0.475 e. The SMILES string of the molecule is O=C(O)C(=O)c1ccc(CCN2CCOCC2)c(Br)c1. The smallest absolute Gasteiger partial charge is 0.377 e. The van der Waals surface area contributed by atoms with Crippen LogP contribution in [0.4, 0.5) is 0 Å². The lowest BCUT2D eigenvalue weighted by Crippen LogP contribution is -2.37. The predicted octanol–water partition coefficient (Wildman–Crippen LogP) is 1.59. The van der Waals surface area contributed by atoms with Gasteiger partial charge in [0.25, 0.3) is 5.78 Å². The van der Waals surface area contributed by atoms with E-state index >= 15 is 0 Å². The summed E-state index contributed by atoms with van der Waals surface area (Å²) in [6, 6.07) is 4.95. The Labute approximate surface area is 125 Å². The first-order valence-electron chi connectivity index (χ1n) is 6.44. The number of nitrogens with zero attached hydrogens (tertiary/aromatic N) is 1. The van der Waals surface area contributed by atoms with Crippen LogP contribution in [0.3, 0.4) is 0 Å². The molecule has 0 amide bonds. The molecule has 0 unspecified atom stereocenters. The lowest BCUT2D eigenvalue weighted by Gasteiger charge is -2.26. The number of carboxylic acids is 1. The molecule has 1 aliphatic heterocycles. The Kier molecular flexibility index (Phi) is 5.28. The number of ether oxygens (including phenoxy) is 1. The van der Waals surface area contributed by atoms with Crippen molar-refractivity contribution in [3.05, 3.63) is 33.8 Å². The molecule has 0 radical (unpaired) electrons. The molecule has 5 nitrogen and oxygen atoms in total. The Morgan fingerprint density at radius 3 is 2.60 bits per heavy atom. The fraction of sp³-hybridized carbons (Fsp3) is 0.429. The summed E-state index contributed by atoms with van der Waals surface area (Å²) in [7, 11) is 0. The average Bonchev–Trinajstić information content (AvgIpc) is 2.46. The van der Waals surface area contributed by atoms with Crippen LogP contribution in [0.1, 0.15) is 15.9 Å². The molecule has 1 heterocycles. The molecule has 0 spiro atoms. The first kappa shape index (κ1) is 15.2. The summed E-state index contributed by atoms with van der Waals surface area (Å²) in [6.45, 7) is 4.34. The van der Waals surface area contributed by atoms with E-state index < -0.39 is 11.8 Å². The lowest BCUT2D eigenvalue weighted by molar-refractivity contribution is -0.131. The monoisotopic (exact) mass is 341 g/mol. The Bertz CT molecular complexity index is 512. The molecule has 2 rings (SSSR count). The highest BCUT2D eigenvalue weighted by molar-refractivity contribution is 9.10. The minimum Gasteiger partial charge on any atom is -0.475 e. The maximum Gasteiger partial charge on any atom is 0.377 e. The third kappa shape index (κ3) is 3.88. The minimum atomic E-state index is -1.43. The molecule has 0 atom stereocenters. The van der Waals surface area contributed by atoms with Crippen LogP contribution in [0.15, 0.2) is 22.7 Å². The number of hydrogen-bond acceptors (Lipinski definition) is 4. The summed E-state index contributed by atoms with van der Waals surface area (Å²) >= 11 is 3.40. The second-order valence-electron chi connectivity index (χ2n) is 4.64. The van der Waals surface area contributed by atoms with Gasteiger partial charge in [-0.25, -0.2) is 4.79 Å². The van der Waals surface area contributed by atoms with E-state index in [0.717, 1.165) is 49.3 Å². The highest BCUT2D eigenvalue weighted by atomic mass is 79.9.